The van der Waals surface area contributed by atoms with Gasteiger partial charge in [0.15, 0.2) is 12.4 Å². The number of hydrogen-bond acceptors (Lipinski definition) is 3. The van der Waals surface area contributed by atoms with Gasteiger partial charge in [-0.3, -0.25) is 9.48 Å². The summed E-state index contributed by atoms with van der Waals surface area (Å²) in [5.74, 6) is -1.21. The molecule has 130 valence electrons. The molecule has 0 aliphatic rings. The molecule has 1 aromatic heterocycles. The van der Waals surface area contributed by atoms with Gasteiger partial charge in [-0.25, -0.2) is 4.39 Å². The Kier molecular flexibility index (Phi) is 5.42. The van der Waals surface area contributed by atoms with Crippen LogP contribution in [0.5, 0.6) is 5.75 Å². The van der Waals surface area contributed by atoms with Crippen molar-refractivity contribution in [2.45, 2.75) is 26.2 Å². The maximum Gasteiger partial charge on any atom is 0.416 e. The molecule has 24 heavy (non-hydrogen) atoms. The molecule has 0 spiro atoms. The van der Waals surface area contributed by atoms with Gasteiger partial charge in [-0.1, -0.05) is 6.07 Å². The summed E-state index contributed by atoms with van der Waals surface area (Å²) >= 11 is 0. The Morgan fingerprint density at radius 2 is 2.12 bits per heavy atom. The number of alkyl halides is 3. The summed E-state index contributed by atoms with van der Waals surface area (Å²) in [6.07, 6.45) is -1.68. The van der Waals surface area contributed by atoms with Crippen molar-refractivity contribution in [1.29, 1.82) is 0 Å². The Morgan fingerprint density at radius 1 is 1.38 bits per heavy atom. The summed E-state index contributed by atoms with van der Waals surface area (Å²) < 4.78 is 58.3. The molecule has 0 unspecified atom stereocenters. The first-order chi connectivity index (χ1) is 11.3. The molecule has 2 rings (SSSR count). The predicted octanol–water partition coefficient (Wildman–Crippen LogP) is 2.76. The highest BCUT2D eigenvalue weighted by Crippen LogP contribution is 2.32. The van der Waals surface area contributed by atoms with Gasteiger partial charge in [-0.05, 0) is 24.6 Å². The standard InChI is InChI=1S/C15H15F4N3O2/c1-2-22-8-12(7-21-22)24-9-14(23)20-6-10-3-4-11(16)5-13(10)15(17,18)19/h3-5,7-8H,2,6,9H2,1H3,(H,20,23). The van der Waals surface area contributed by atoms with E-state index in [2.05, 4.69) is 10.4 Å². The largest absolute Gasteiger partial charge is 0.480 e. The molecule has 0 aliphatic heterocycles. The molecule has 2 aromatic rings. The fourth-order valence-corrected chi connectivity index (χ4v) is 1.95. The summed E-state index contributed by atoms with van der Waals surface area (Å²) in [5.41, 5.74) is -1.34. The third-order valence-corrected chi connectivity index (χ3v) is 3.16. The van der Waals surface area contributed by atoms with Crippen LogP contribution in [-0.4, -0.2) is 22.3 Å². The lowest BCUT2D eigenvalue weighted by molar-refractivity contribution is -0.138. The van der Waals surface area contributed by atoms with E-state index in [0.717, 1.165) is 12.1 Å². The van der Waals surface area contributed by atoms with Crippen molar-refractivity contribution in [3.05, 3.63) is 47.5 Å². The van der Waals surface area contributed by atoms with Gasteiger partial charge in [-0.2, -0.15) is 18.3 Å². The van der Waals surface area contributed by atoms with Gasteiger partial charge in [0.1, 0.15) is 5.82 Å². The average molecular weight is 345 g/mol. The number of nitrogens with zero attached hydrogens (tertiary/aromatic N) is 2. The zero-order chi connectivity index (χ0) is 17.7. The average Bonchev–Trinajstić information content (AvgIpc) is 2.99. The highest BCUT2D eigenvalue weighted by molar-refractivity contribution is 5.77. The topological polar surface area (TPSA) is 56.1 Å². The van der Waals surface area contributed by atoms with Crippen LogP contribution in [0, 0.1) is 5.82 Å². The van der Waals surface area contributed by atoms with E-state index in [1.54, 1.807) is 10.9 Å². The SMILES string of the molecule is CCn1cc(OCC(=O)NCc2ccc(F)cc2C(F)(F)F)cn1. The zero-order valence-corrected chi connectivity index (χ0v) is 12.7. The third kappa shape index (κ3) is 4.71. The molecule has 0 aliphatic carbocycles. The van der Waals surface area contributed by atoms with Crippen molar-refractivity contribution in [2.75, 3.05) is 6.61 Å². The van der Waals surface area contributed by atoms with Gasteiger partial charge < -0.3 is 10.1 Å². The molecule has 1 amide bonds. The highest BCUT2D eigenvalue weighted by atomic mass is 19.4. The first-order valence-corrected chi connectivity index (χ1v) is 7.07. The summed E-state index contributed by atoms with van der Waals surface area (Å²) in [5, 5.41) is 6.26. The molecule has 0 fully saturated rings. The van der Waals surface area contributed by atoms with Gasteiger partial charge in [0.25, 0.3) is 5.91 Å². The van der Waals surface area contributed by atoms with Crippen LogP contribution in [-0.2, 0) is 24.1 Å². The minimum atomic E-state index is -4.70. The molecular formula is C15H15F4N3O2. The van der Waals surface area contributed by atoms with Crippen LogP contribution < -0.4 is 10.1 Å². The summed E-state index contributed by atoms with van der Waals surface area (Å²) in [4.78, 5) is 11.7. The van der Waals surface area contributed by atoms with Crippen molar-refractivity contribution in [1.82, 2.24) is 15.1 Å². The fraction of sp³-hybridized carbons (Fsp3) is 0.333. The van der Waals surface area contributed by atoms with Gasteiger partial charge in [0.05, 0.1) is 18.0 Å². The van der Waals surface area contributed by atoms with E-state index in [-0.39, 0.29) is 18.7 Å². The van der Waals surface area contributed by atoms with Crippen molar-refractivity contribution in [2.24, 2.45) is 0 Å². The minimum Gasteiger partial charge on any atom is -0.480 e. The van der Waals surface area contributed by atoms with Crippen LogP contribution >= 0.6 is 0 Å². The second kappa shape index (κ2) is 7.33. The molecule has 0 atom stereocenters. The zero-order valence-electron chi connectivity index (χ0n) is 12.7. The summed E-state index contributed by atoms with van der Waals surface area (Å²) in [6, 6.07) is 2.30. The first-order valence-electron chi connectivity index (χ1n) is 7.07. The number of amides is 1. The fourth-order valence-electron chi connectivity index (χ4n) is 1.95. The molecule has 0 bridgehead atoms. The second-order valence-corrected chi connectivity index (χ2v) is 4.90. The van der Waals surface area contributed by atoms with Gasteiger partial charge in [-0.15, -0.1) is 0 Å². The Balaban J connectivity index is 1.92. The smallest absolute Gasteiger partial charge is 0.416 e. The number of carbonyl (C=O) groups is 1. The predicted molar refractivity (Wildman–Crippen MR) is 76.6 cm³/mol. The Morgan fingerprint density at radius 3 is 2.75 bits per heavy atom. The van der Waals surface area contributed by atoms with Gasteiger partial charge in [0.2, 0.25) is 0 Å². The molecule has 0 saturated carbocycles. The lowest BCUT2D eigenvalue weighted by Gasteiger charge is -2.13. The maximum atomic E-state index is 13.0. The lowest BCUT2D eigenvalue weighted by atomic mass is 10.1. The van der Waals surface area contributed by atoms with E-state index in [0.29, 0.717) is 18.4 Å². The van der Waals surface area contributed by atoms with Crippen LogP contribution in [0.15, 0.2) is 30.6 Å². The molecule has 9 heteroatoms. The number of nitrogens with one attached hydrogen (secondary N) is 1. The molecule has 0 radical (unpaired) electrons. The quantitative estimate of drug-likeness (QED) is 0.819. The number of aromatic nitrogens is 2. The van der Waals surface area contributed by atoms with E-state index in [1.165, 1.54) is 6.20 Å². The third-order valence-electron chi connectivity index (χ3n) is 3.16. The summed E-state index contributed by atoms with van der Waals surface area (Å²) in [7, 11) is 0. The second-order valence-electron chi connectivity index (χ2n) is 4.90. The Hall–Kier alpha value is -2.58. The first kappa shape index (κ1) is 17.8. The Bertz CT molecular complexity index is 713. The molecule has 5 nitrogen and oxygen atoms in total. The van der Waals surface area contributed by atoms with Crippen LogP contribution in [0.2, 0.25) is 0 Å². The highest BCUT2D eigenvalue weighted by Gasteiger charge is 2.33. The van der Waals surface area contributed by atoms with Crippen molar-refractivity contribution in [3.8, 4) is 5.75 Å². The normalized spacial score (nSPS) is 11.4. The van der Waals surface area contributed by atoms with E-state index in [4.69, 9.17) is 4.74 Å². The number of aryl methyl sites for hydroxylation is 1. The van der Waals surface area contributed by atoms with E-state index < -0.39 is 23.5 Å². The van der Waals surface area contributed by atoms with E-state index in [1.807, 2.05) is 6.92 Å². The van der Waals surface area contributed by atoms with Crippen LogP contribution in [0.4, 0.5) is 17.6 Å². The minimum absolute atomic E-state index is 0.226. The Labute approximate surface area is 135 Å². The number of rotatable bonds is 6. The molecule has 1 aromatic carbocycles. The van der Waals surface area contributed by atoms with Crippen molar-refractivity contribution < 1.29 is 27.1 Å². The van der Waals surface area contributed by atoms with Crippen LogP contribution in [0.1, 0.15) is 18.1 Å². The number of hydrogen-bond donors (Lipinski definition) is 1. The van der Waals surface area contributed by atoms with E-state index >= 15 is 0 Å². The molecule has 1 heterocycles. The number of carbonyl (C=O) groups excluding carboxylic acids is 1. The summed E-state index contributed by atoms with van der Waals surface area (Å²) in [6.45, 7) is 1.77. The van der Waals surface area contributed by atoms with Gasteiger partial charge >= 0.3 is 6.18 Å². The molecule has 1 N–H and O–H groups in total. The van der Waals surface area contributed by atoms with Crippen molar-refractivity contribution in [3.63, 3.8) is 0 Å². The van der Waals surface area contributed by atoms with Gasteiger partial charge in [0, 0.05) is 13.1 Å². The number of halogens is 4. The van der Waals surface area contributed by atoms with Crippen molar-refractivity contribution >= 4 is 5.91 Å². The molecular weight excluding hydrogens is 330 g/mol. The lowest BCUT2D eigenvalue weighted by Crippen LogP contribution is -2.29. The van der Waals surface area contributed by atoms with Crippen LogP contribution in [0.25, 0.3) is 0 Å². The van der Waals surface area contributed by atoms with E-state index in [9.17, 15) is 22.4 Å². The number of benzene rings is 1. The maximum absolute atomic E-state index is 13.0. The number of ether oxygens (including phenoxy) is 1. The monoisotopic (exact) mass is 345 g/mol. The molecule has 0 saturated heterocycles. The van der Waals surface area contributed by atoms with Crippen LogP contribution in [0.3, 0.4) is 0 Å².